The second kappa shape index (κ2) is 5.65. The predicted molar refractivity (Wildman–Crippen MR) is 66.5 cm³/mol. The van der Waals surface area contributed by atoms with Crippen LogP contribution in [0.15, 0.2) is 18.2 Å². The van der Waals surface area contributed by atoms with E-state index in [0.29, 0.717) is 25.1 Å². The van der Waals surface area contributed by atoms with Crippen LogP contribution in [0.5, 0.6) is 0 Å². The van der Waals surface area contributed by atoms with Gasteiger partial charge in [0, 0.05) is 19.0 Å². The number of aliphatic hydroxyl groups is 1. The Morgan fingerprint density at radius 2 is 2.16 bits per heavy atom. The van der Waals surface area contributed by atoms with E-state index in [-0.39, 0.29) is 24.3 Å². The van der Waals surface area contributed by atoms with Crippen molar-refractivity contribution in [3.05, 3.63) is 35.4 Å². The molecule has 19 heavy (non-hydrogen) atoms. The third-order valence-electron chi connectivity index (χ3n) is 3.54. The van der Waals surface area contributed by atoms with Crippen LogP contribution in [-0.2, 0) is 4.79 Å². The number of nitrogens with zero attached hydrogens (tertiary/aromatic N) is 1. The largest absolute Gasteiger partial charge is 0.395 e. The highest BCUT2D eigenvalue weighted by atomic mass is 19.2. The third kappa shape index (κ3) is 2.92. The van der Waals surface area contributed by atoms with Crippen molar-refractivity contribution in [3.63, 3.8) is 0 Å². The minimum atomic E-state index is -0.877. The predicted octanol–water partition coefficient (Wildman–Crippen LogP) is 1.91. The first-order valence-corrected chi connectivity index (χ1v) is 6.43. The van der Waals surface area contributed by atoms with Crippen molar-refractivity contribution in [1.29, 1.82) is 0 Å². The number of aliphatic hydroxyl groups excluding tert-OH is 1. The summed E-state index contributed by atoms with van der Waals surface area (Å²) in [7, 11) is 0. The van der Waals surface area contributed by atoms with Crippen molar-refractivity contribution in [2.75, 3.05) is 19.7 Å². The van der Waals surface area contributed by atoms with E-state index in [0.717, 1.165) is 12.1 Å². The molecule has 1 amide bonds. The van der Waals surface area contributed by atoms with E-state index in [1.165, 1.54) is 6.07 Å². The molecule has 0 radical (unpaired) electrons. The second-order valence-electron chi connectivity index (χ2n) is 4.76. The second-order valence-corrected chi connectivity index (χ2v) is 4.76. The molecule has 2 rings (SSSR count). The lowest BCUT2D eigenvalue weighted by Gasteiger charge is -2.19. The molecule has 1 N–H and O–H groups in total. The first-order chi connectivity index (χ1) is 9.08. The maximum absolute atomic E-state index is 13.1. The summed E-state index contributed by atoms with van der Waals surface area (Å²) in [5.41, 5.74) is 0.664. The summed E-state index contributed by atoms with van der Waals surface area (Å²) < 4.78 is 26.0. The normalized spacial score (nSPS) is 21.3. The van der Waals surface area contributed by atoms with Gasteiger partial charge in [-0.1, -0.05) is 6.07 Å². The van der Waals surface area contributed by atoms with Gasteiger partial charge in [-0.3, -0.25) is 4.79 Å². The fourth-order valence-corrected chi connectivity index (χ4v) is 2.36. The molecule has 3 nitrogen and oxygen atoms in total. The summed E-state index contributed by atoms with van der Waals surface area (Å²) in [5.74, 6) is -1.97. The highest BCUT2D eigenvalue weighted by Gasteiger charge is 2.45. The lowest BCUT2D eigenvalue weighted by atomic mass is 10.1. The van der Waals surface area contributed by atoms with Crippen LogP contribution in [0.25, 0.3) is 0 Å². The first kappa shape index (κ1) is 13.9. The van der Waals surface area contributed by atoms with Crippen LogP contribution in [0.4, 0.5) is 8.78 Å². The van der Waals surface area contributed by atoms with Crippen LogP contribution in [0.1, 0.15) is 24.8 Å². The molecule has 1 aromatic rings. The van der Waals surface area contributed by atoms with Crippen molar-refractivity contribution in [2.24, 2.45) is 5.92 Å². The number of benzene rings is 1. The number of halogens is 2. The smallest absolute Gasteiger partial charge is 0.226 e. The minimum Gasteiger partial charge on any atom is -0.395 e. The van der Waals surface area contributed by atoms with Gasteiger partial charge >= 0.3 is 0 Å². The Hall–Kier alpha value is -1.49. The topological polar surface area (TPSA) is 40.5 Å². The Kier molecular flexibility index (Phi) is 4.14. The molecule has 0 bridgehead atoms. The molecule has 1 aliphatic carbocycles. The lowest BCUT2D eigenvalue weighted by molar-refractivity contribution is -0.133. The number of rotatable bonds is 5. The van der Waals surface area contributed by atoms with Gasteiger partial charge in [0.2, 0.25) is 5.91 Å². The highest BCUT2D eigenvalue weighted by Crippen LogP contribution is 2.48. The Labute approximate surface area is 110 Å². The van der Waals surface area contributed by atoms with Crippen molar-refractivity contribution in [3.8, 4) is 0 Å². The monoisotopic (exact) mass is 269 g/mol. The van der Waals surface area contributed by atoms with Gasteiger partial charge in [-0.25, -0.2) is 8.78 Å². The molecule has 0 aliphatic heterocycles. The molecular weight excluding hydrogens is 252 g/mol. The Morgan fingerprint density at radius 3 is 2.74 bits per heavy atom. The van der Waals surface area contributed by atoms with Crippen LogP contribution >= 0.6 is 0 Å². The van der Waals surface area contributed by atoms with Gasteiger partial charge < -0.3 is 10.0 Å². The molecule has 2 unspecified atom stereocenters. The summed E-state index contributed by atoms with van der Waals surface area (Å²) in [6, 6.07) is 3.78. The molecule has 0 heterocycles. The van der Waals surface area contributed by atoms with Gasteiger partial charge in [0.15, 0.2) is 11.6 Å². The first-order valence-electron chi connectivity index (χ1n) is 6.43. The molecule has 5 heteroatoms. The summed E-state index contributed by atoms with van der Waals surface area (Å²) in [6.07, 6.45) is 0.659. The van der Waals surface area contributed by atoms with E-state index in [4.69, 9.17) is 5.11 Å². The molecule has 0 aromatic heterocycles. The van der Waals surface area contributed by atoms with Crippen molar-refractivity contribution in [1.82, 2.24) is 4.90 Å². The minimum absolute atomic E-state index is 0.0220. The van der Waals surface area contributed by atoms with Gasteiger partial charge in [-0.2, -0.15) is 0 Å². The van der Waals surface area contributed by atoms with Gasteiger partial charge in [0.05, 0.1) is 6.61 Å². The van der Waals surface area contributed by atoms with E-state index in [2.05, 4.69) is 0 Å². The number of carbonyl (C=O) groups is 1. The average molecular weight is 269 g/mol. The maximum Gasteiger partial charge on any atom is 0.226 e. The van der Waals surface area contributed by atoms with Crippen molar-refractivity contribution in [2.45, 2.75) is 19.3 Å². The average Bonchev–Trinajstić information content (AvgIpc) is 3.18. The standard InChI is InChI=1S/C14H17F2NO2/c1-2-17(5-6-18)14(19)11-8-10(11)9-3-4-12(15)13(16)7-9/h3-4,7,10-11,18H,2,5-6,8H2,1H3. The zero-order valence-corrected chi connectivity index (χ0v) is 10.8. The van der Waals surface area contributed by atoms with E-state index in [1.54, 1.807) is 4.90 Å². The van der Waals surface area contributed by atoms with Gasteiger partial charge in [0.1, 0.15) is 0 Å². The van der Waals surface area contributed by atoms with E-state index < -0.39 is 11.6 Å². The van der Waals surface area contributed by atoms with Crippen LogP contribution in [0.2, 0.25) is 0 Å². The Morgan fingerprint density at radius 1 is 1.42 bits per heavy atom. The van der Waals surface area contributed by atoms with Gasteiger partial charge in [-0.15, -0.1) is 0 Å². The SMILES string of the molecule is CCN(CCO)C(=O)C1CC1c1ccc(F)c(F)c1. The number of carbonyl (C=O) groups excluding carboxylic acids is 1. The molecule has 0 spiro atoms. The van der Waals surface area contributed by atoms with Crippen LogP contribution in [0.3, 0.4) is 0 Å². The van der Waals surface area contributed by atoms with Crippen LogP contribution in [0, 0.1) is 17.6 Å². The highest BCUT2D eigenvalue weighted by molar-refractivity contribution is 5.83. The molecule has 104 valence electrons. The zero-order valence-electron chi connectivity index (χ0n) is 10.8. The molecule has 1 aliphatic rings. The maximum atomic E-state index is 13.1. The van der Waals surface area contributed by atoms with E-state index in [9.17, 15) is 13.6 Å². The molecular formula is C14H17F2NO2. The number of likely N-dealkylation sites (N-methyl/N-ethyl adjacent to an activating group) is 1. The van der Waals surface area contributed by atoms with Crippen molar-refractivity contribution < 1.29 is 18.7 Å². The molecule has 1 saturated carbocycles. The third-order valence-corrected chi connectivity index (χ3v) is 3.54. The Bertz CT molecular complexity index is 479. The summed E-state index contributed by atoms with van der Waals surface area (Å²) in [6.45, 7) is 2.64. The summed E-state index contributed by atoms with van der Waals surface area (Å²) in [5, 5.41) is 8.88. The number of hydrogen-bond acceptors (Lipinski definition) is 2. The fourth-order valence-electron chi connectivity index (χ4n) is 2.36. The van der Waals surface area contributed by atoms with Gasteiger partial charge in [-0.05, 0) is 37.0 Å². The van der Waals surface area contributed by atoms with Crippen LogP contribution < -0.4 is 0 Å². The molecule has 2 atom stereocenters. The fraction of sp³-hybridized carbons (Fsp3) is 0.500. The van der Waals surface area contributed by atoms with E-state index >= 15 is 0 Å². The van der Waals surface area contributed by atoms with Crippen LogP contribution in [-0.4, -0.2) is 35.6 Å². The van der Waals surface area contributed by atoms with Gasteiger partial charge in [0.25, 0.3) is 0 Å². The Balaban J connectivity index is 2.03. The summed E-state index contributed by atoms with van der Waals surface area (Å²) >= 11 is 0. The van der Waals surface area contributed by atoms with Crippen molar-refractivity contribution >= 4 is 5.91 Å². The number of hydrogen-bond donors (Lipinski definition) is 1. The zero-order chi connectivity index (χ0) is 14.0. The molecule has 1 aromatic carbocycles. The molecule has 0 saturated heterocycles. The molecule has 1 fully saturated rings. The quantitative estimate of drug-likeness (QED) is 0.887. The van der Waals surface area contributed by atoms with E-state index in [1.807, 2.05) is 6.92 Å². The summed E-state index contributed by atoms with van der Waals surface area (Å²) in [4.78, 5) is 13.7. The number of amides is 1. The lowest BCUT2D eigenvalue weighted by Crippen LogP contribution is -2.34.